The normalized spacial score (nSPS) is 11.0. The summed E-state index contributed by atoms with van der Waals surface area (Å²) in [6, 6.07) is 5.46. The van der Waals surface area contributed by atoms with Crippen molar-refractivity contribution in [1.29, 1.82) is 0 Å². The number of ether oxygens (including phenoxy) is 1. The first kappa shape index (κ1) is 17.9. The molecule has 0 atom stereocenters. The molecule has 0 saturated heterocycles. The summed E-state index contributed by atoms with van der Waals surface area (Å²) in [7, 11) is 0. The van der Waals surface area contributed by atoms with Crippen LogP contribution >= 0.6 is 0 Å². The molecular weight excluding hydrogens is 332 g/mol. The van der Waals surface area contributed by atoms with E-state index in [1.165, 1.54) is 55.2 Å². The predicted molar refractivity (Wildman–Crippen MR) is 86.4 cm³/mol. The van der Waals surface area contributed by atoms with Crippen LogP contribution in [0.3, 0.4) is 0 Å². The van der Waals surface area contributed by atoms with E-state index in [-0.39, 0.29) is 18.0 Å². The lowest BCUT2D eigenvalue weighted by atomic mass is 10.1. The highest BCUT2D eigenvalue weighted by atomic mass is 16.6. The number of carboxylic acids is 1. The molecule has 0 bridgehead atoms. The maximum absolute atomic E-state index is 11.9. The highest BCUT2D eigenvalue weighted by Gasteiger charge is 2.30. The number of hydrogen-bond acceptors (Lipinski definition) is 6. The van der Waals surface area contributed by atoms with Crippen molar-refractivity contribution in [3.8, 4) is 5.75 Å². The Bertz CT molecular complexity index is 814. The van der Waals surface area contributed by atoms with E-state index in [0.29, 0.717) is 5.69 Å². The molecule has 2 aromatic rings. The summed E-state index contributed by atoms with van der Waals surface area (Å²) in [5, 5.41) is 26.2. The minimum absolute atomic E-state index is 0.143. The molecule has 0 aliphatic heterocycles. The summed E-state index contributed by atoms with van der Waals surface area (Å²) in [6.07, 6.45) is 2.70. The van der Waals surface area contributed by atoms with Gasteiger partial charge in [-0.05, 0) is 19.9 Å². The molecule has 0 unspecified atom stereocenters. The summed E-state index contributed by atoms with van der Waals surface area (Å²) in [4.78, 5) is 33.2. The molecule has 1 amide bonds. The average molecular weight is 348 g/mol. The van der Waals surface area contributed by atoms with E-state index < -0.39 is 22.3 Å². The second-order valence-electron chi connectivity index (χ2n) is 5.63. The molecule has 0 aliphatic rings. The van der Waals surface area contributed by atoms with Crippen molar-refractivity contribution in [3.05, 3.63) is 46.8 Å². The molecule has 0 fully saturated rings. The van der Waals surface area contributed by atoms with Crippen molar-refractivity contribution in [3.63, 3.8) is 0 Å². The second-order valence-corrected chi connectivity index (χ2v) is 5.63. The molecule has 1 heterocycles. The van der Waals surface area contributed by atoms with Crippen LogP contribution < -0.4 is 10.1 Å². The zero-order valence-corrected chi connectivity index (χ0v) is 13.5. The predicted octanol–water partition coefficient (Wildman–Crippen LogP) is 1.63. The van der Waals surface area contributed by atoms with Crippen LogP contribution in [-0.4, -0.2) is 38.3 Å². The van der Waals surface area contributed by atoms with Crippen LogP contribution in [0.1, 0.15) is 13.8 Å². The van der Waals surface area contributed by atoms with Gasteiger partial charge >= 0.3 is 5.97 Å². The van der Waals surface area contributed by atoms with Crippen LogP contribution in [0.5, 0.6) is 5.75 Å². The summed E-state index contributed by atoms with van der Waals surface area (Å²) < 4.78 is 6.42. The molecule has 25 heavy (non-hydrogen) atoms. The number of amides is 1. The lowest BCUT2D eigenvalue weighted by Crippen LogP contribution is -2.35. The lowest BCUT2D eigenvalue weighted by molar-refractivity contribution is -0.384. The first-order chi connectivity index (χ1) is 11.7. The van der Waals surface area contributed by atoms with Gasteiger partial charge in [-0.2, -0.15) is 5.10 Å². The third-order valence-corrected chi connectivity index (χ3v) is 3.36. The lowest BCUT2D eigenvalue weighted by Gasteiger charge is -2.19. The maximum Gasteiger partial charge on any atom is 0.331 e. The average Bonchev–Trinajstić information content (AvgIpc) is 3.02. The summed E-state index contributed by atoms with van der Waals surface area (Å²) in [5.41, 5.74) is -1.10. The molecule has 10 nitrogen and oxygen atoms in total. The van der Waals surface area contributed by atoms with Crippen LogP contribution in [0.15, 0.2) is 36.7 Å². The van der Waals surface area contributed by atoms with E-state index in [9.17, 15) is 19.7 Å². The van der Waals surface area contributed by atoms with Crippen molar-refractivity contribution >= 4 is 23.3 Å². The quantitative estimate of drug-likeness (QED) is 0.573. The number of nitro groups is 1. The Hall–Kier alpha value is -3.43. The largest absolute Gasteiger partial charge is 0.484 e. The molecule has 0 saturated carbocycles. The van der Waals surface area contributed by atoms with E-state index >= 15 is 0 Å². The van der Waals surface area contributed by atoms with Gasteiger partial charge in [-0.25, -0.2) is 4.79 Å². The number of aliphatic carboxylic acids is 1. The van der Waals surface area contributed by atoms with Crippen molar-refractivity contribution in [2.75, 3.05) is 11.9 Å². The molecule has 2 N–H and O–H groups in total. The van der Waals surface area contributed by atoms with Crippen molar-refractivity contribution < 1.29 is 24.4 Å². The van der Waals surface area contributed by atoms with Gasteiger partial charge in [0.2, 0.25) is 0 Å². The Balaban J connectivity index is 1.95. The number of nitrogens with one attached hydrogen (secondary N) is 1. The van der Waals surface area contributed by atoms with Gasteiger partial charge in [0.1, 0.15) is 5.75 Å². The van der Waals surface area contributed by atoms with Gasteiger partial charge in [-0.1, -0.05) is 6.07 Å². The molecule has 0 radical (unpaired) electrons. The van der Waals surface area contributed by atoms with Gasteiger partial charge in [-0.15, -0.1) is 0 Å². The zero-order chi connectivity index (χ0) is 18.6. The standard InChI is InChI=1S/C15H16N4O6/c1-15(2,14(21)22)18-8-10(7-16-18)17-13(20)9-25-12-5-3-4-11(6-12)19(23)24/h3-8H,9H2,1-2H3,(H,17,20)(H,21,22). The third-order valence-electron chi connectivity index (χ3n) is 3.36. The molecule has 0 spiro atoms. The summed E-state index contributed by atoms with van der Waals surface area (Å²) >= 11 is 0. The number of carbonyl (C=O) groups is 2. The molecular formula is C15H16N4O6. The second kappa shape index (κ2) is 6.99. The first-order valence-corrected chi connectivity index (χ1v) is 7.16. The van der Waals surface area contributed by atoms with E-state index in [1.54, 1.807) is 0 Å². The number of benzene rings is 1. The number of non-ortho nitro benzene ring substituents is 1. The monoisotopic (exact) mass is 348 g/mol. The Labute approximate surface area is 142 Å². The fraction of sp³-hybridized carbons (Fsp3) is 0.267. The number of nitro benzene ring substituents is 1. The third kappa shape index (κ3) is 4.31. The first-order valence-electron chi connectivity index (χ1n) is 7.16. The van der Waals surface area contributed by atoms with Gasteiger partial charge in [-0.3, -0.25) is 19.6 Å². The molecule has 2 rings (SSSR count). The van der Waals surface area contributed by atoms with E-state index in [0.717, 1.165) is 0 Å². The Morgan fingerprint density at radius 3 is 2.80 bits per heavy atom. The van der Waals surface area contributed by atoms with Gasteiger partial charge in [0.25, 0.3) is 11.6 Å². The van der Waals surface area contributed by atoms with Gasteiger partial charge in [0.05, 0.1) is 22.9 Å². The van der Waals surface area contributed by atoms with Crippen LogP contribution in [0.25, 0.3) is 0 Å². The fourth-order valence-electron chi connectivity index (χ4n) is 1.82. The Kier molecular flexibility index (Phi) is 5.01. The number of hydrogen-bond donors (Lipinski definition) is 2. The number of rotatable bonds is 7. The molecule has 132 valence electrons. The van der Waals surface area contributed by atoms with E-state index in [2.05, 4.69) is 10.4 Å². The van der Waals surface area contributed by atoms with E-state index in [1.807, 2.05) is 0 Å². The highest BCUT2D eigenvalue weighted by Crippen LogP contribution is 2.19. The Morgan fingerprint density at radius 1 is 1.44 bits per heavy atom. The van der Waals surface area contributed by atoms with Crippen LogP contribution in [-0.2, 0) is 15.1 Å². The van der Waals surface area contributed by atoms with Gasteiger partial charge in [0, 0.05) is 12.3 Å². The number of carboxylic acid groups (broad SMARTS) is 1. The smallest absolute Gasteiger partial charge is 0.331 e. The van der Waals surface area contributed by atoms with Gasteiger partial charge in [0.15, 0.2) is 12.1 Å². The Morgan fingerprint density at radius 2 is 2.16 bits per heavy atom. The van der Waals surface area contributed by atoms with Crippen LogP contribution in [0.2, 0.25) is 0 Å². The van der Waals surface area contributed by atoms with Gasteiger partial charge < -0.3 is 15.2 Å². The number of carbonyl (C=O) groups excluding carboxylic acids is 1. The summed E-state index contributed by atoms with van der Waals surface area (Å²) in [5.74, 6) is -1.39. The molecule has 10 heteroatoms. The van der Waals surface area contributed by atoms with E-state index in [4.69, 9.17) is 9.84 Å². The van der Waals surface area contributed by atoms with Crippen molar-refractivity contribution in [2.45, 2.75) is 19.4 Å². The van der Waals surface area contributed by atoms with Crippen molar-refractivity contribution in [2.24, 2.45) is 0 Å². The number of anilines is 1. The zero-order valence-electron chi connectivity index (χ0n) is 13.5. The van der Waals surface area contributed by atoms with Crippen LogP contribution in [0, 0.1) is 10.1 Å². The highest BCUT2D eigenvalue weighted by molar-refractivity contribution is 5.91. The fourth-order valence-corrected chi connectivity index (χ4v) is 1.82. The minimum atomic E-state index is -1.26. The van der Waals surface area contributed by atoms with Crippen LogP contribution in [0.4, 0.5) is 11.4 Å². The summed E-state index contributed by atoms with van der Waals surface area (Å²) in [6.45, 7) is 2.58. The SMILES string of the molecule is CC(C)(C(=O)O)n1cc(NC(=O)COc2cccc([N+](=O)[O-])c2)cn1. The minimum Gasteiger partial charge on any atom is -0.484 e. The maximum atomic E-state index is 11.9. The molecule has 0 aliphatic carbocycles. The molecule has 1 aromatic heterocycles. The number of aromatic nitrogens is 2. The number of nitrogens with zero attached hydrogens (tertiary/aromatic N) is 3. The topological polar surface area (TPSA) is 137 Å². The molecule has 1 aromatic carbocycles. The van der Waals surface area contributed by atoms with Crippen molar-refractivity contribution in [1.82, 2.24) is 9.78 Å².